The molecule has 2 heterocycles. The molecule has 1 fully saturated rings. The topological polar surface area (TPSA) is 84.9 Å². The minimum Gasteiger partial charge on any atom is -0.347 e. The summed E-state index contributed by atoms with van der Waals surface area (Å²) >= 11 is 0. The summed E-state index contributed by atoms with van der Waals surface area (Å²) in [5.41, 5.74) is 2.46. The predicted molar refractivity (Wildman–Crippen MR) is 84.7 cm³/mol. The van der Waals surface area contributed by atoms with Crippen LogP contribution < -0.4 is 10.2 Å². The average molecular weight is 340 g/mol. The number of rotatable bonds is 5. The van der Waals surface area contributed by atoms with Gasteiger partial charge in [0.25, 0.3) is 10.1 Å². The van der Waals surface area contributed by atoms with E-state index in [1.165, 1.54) is 0 Å². The number of carbonyl (C=O) groups excluding carboxylic acids is 1. The van der Waals surface area contributed by atoms with Crippen LogP contribution in [0.3, 0.4) is 0 Å². The third-order valence-electron chi connectivity index (χ3n) is 3.88. The van der Waals surface area contributed by atoms with E-state index in [2.05, 4.69) is 5.32 Å². The van der Waals surface area contributed by atoms with E-state index >= 15 is 0 Å². The van der Waals surface area contributed by atoms with E-state index in [-0.39, 0.29) is 11.8 Å². The minimum atomic E-state index is -3.61. The zero-order valence-electron chi connectivity index (χ0n) is 12.9. The van der Waals surface area contributed by atoms with Crippen molar-refractivity contribution in [1.29, 1.82) is 0 Å². The van der Waals surface area contributed by atoms with Crippen molar-refractivity contribution < 1.29 is 22.1 Å². The highest BCUT2D eigenvalue weighted by molar-refractivity contribution is 7.86. The second-order valence-corrected chi connectivity index (χ2v) is 7.29. The van der Waals surface area contributed by atoms with Gasteiger partial charge in [-0.25, -0.2) is 8.98 Å². The van der Waals surface area contributed by atoms with E-state index in [9.17, 15) is 13.2 Å². The van der Waals surface area contributed by atoms with Gasteiger partial charge >= 0.3 is 6.03 Å². The van der Waals surface area contributed by atoms with Gasteiger partial charge in [-0.05, 0) is 30.5 Å². The fourth-order valence-corrected chi connectivity index (χ4v) is 3.82. The fourth-order valence-electron chi connectivity index (χ4n) is 2.80. The molecule has 0 saturated carbocycles. The average Bonchev–Trinajstić information content (AvgIpc) is 2.92. The lowest BCUT2D eigenvalue weighted by molar-refractivity contribution is -0.0874. The summed E-state index contributed by atoms with van der Waals surface area (Å²) < 4.78 is 34.4. The summed E-state index contributed by atoms with van der Waals surface area (Å²) in [6, 6.07) is 5.37. The van der Waals surface area contributed by atoms with E-state index in [0.717, 1.165) is 11.3 Å². The molecule has 1 saturated heterocycles. The van der Waals surface area contributed by atoms with Crippen LogP contribution >= 0.6 is 0 Å². The quantitative estimate of drug-likeness (QED) is 0.822. The Morgan fingerprint density at radius 2 is 2.26 bits per heavy atom. The van der Waals surface area contributed by atoms with Gasteiger partial charge in [0, 0.05) is 24.3 Å². The molecule has 0 aliphatic carbocycles. The molecule has 2 aliphatic rings. The Bertz CT molecular complexity index is 704. The number of nitrogens with one attached hydrogen (secondary N) is 1. The van der Waals surface area contributed by atoms with Crippen LogP contribution in [-0.4, -0.2) is 39.9 Å². The first-order valence-corrected chi connectivity index (χ1v) is 9.28. The van der Waals surface area contributed by atoms with Gasteiger partial charge in [-0.2, -0.15) is 8.42 Å². The van der Waals surface area contributed by atoms with Crippen LogP contribution in [0.2, 0.25) is 0 Å². The van der Waals surface area contributed by atoms with Crippen molar-refractivity contribution in [2.45, 2.75) is 26.1 Å². The molecule has 0 unspecified atom stereocenters. The lowest BCUT2D eigenvalue weighted by Gasteiger charge is -2.27. The summed E-state index contributed by atoms with van der Waals surface area (Å²) in [6.07, 6.45) is 0.244. The van der Waals surface area contributed by atoms with Gasteiger partial charge in [-0.3, -0.25) is 4.90 Å². The fraction of sp³-hybridized carbons (Fsp3) is 0.533. The Balaban J connectivity index is 1.84. The van der Waals surface area contributed by atoms with E-state index in [1.54, 1.807) is 24.0 Å². The maximum absolute atomic E-state index is 11.9. The van der Waals surface area contributed by atoms with Crippen molar-refractivity contribution in [1.82, 2.24) is 5.32 Å². The Morgan fingerprint density at radius 1 is 1.43 bits per heavy atom. The summed E-state index contributed by atoms with van der Waals surface area (Å²) in [7, 11) is -3.61. The van der Waals surface area contributed by atoms with Crippen LogP contribution in [-0.2, 0) is 25.5 Å². The molecule has 2 amide bonds. The van der Waals surface area contributed by atoms with E-state index < -0.39 is 16.4 Å². The number of urea groups is 1. The first-order valence-electron chi connectivity index (χ1n) is 7.71. The molecule has 1 aromatic carbocycles. The molecule has 126 valence electrons. The van der Waals surface area contributed by atoms with Crippen LogP contribution in [0.25, 0.3) is 0 Å². The summed E-state index contributed by atoms with van der Waals surface area (Å²) in [6.45, 7) is 3.41. The lowest BCUT2D eigenvalue weighted by Crippen LogP contribution is -2.28. The molecule has 1 atom stereocenters. The van der Waals surface area contributed by atoms with E-state index in [4.69, 9.17) is 8.92 Å². The second-order valence-electron chi connectivity index (χ2n) is 5.58. The number of hydrogen-bond donors (Lipinski definition) is 1. The van der Waals surface area contributed by atoms with E-state index in [1.807, 2.05) is 6.07 Å². The number of hydrogen-bond acceptors (Lipinski definition) is 5. The van der Waals surface area contributed by atoms with Crippen LogP contribution in [0.1, 0.15) is 30.8 Å². The predicted octanol–water partition coefficient (Wildman–Crippen LogP) is 1.54. The van der Waals surface area contributed by atoms with E-state index in [0.29, 0.717) is 38.1 Å². The molecule has 1 aromatic rings. The largest absolute Gasteiger partial charge is 0.347 e. The molecule has 0 bridgehead atoms. The summed E-state index contributed by atoms with van der Waals surface area (Å²) in [5, 5.41) is 2.76. The zero-order valence-corrected chi connectivity index (χ0v) is 13.8. The highest BCUT2D eigenvalue weighted by atomic mass is 32.2. The molecular formula is C15H20N2O5S. The van der Waals surface area contributed by atoms with Crippen LogP contribution in [0, 0.1) is 0 Å². The monoisotopic (exact) mass is 340 g/mol. The highest BCUT2D eigenvalue weighted by Gasteiger charge is 2.28. The first-order chi connectivity index (χ1) is 11.0. The van der Waals surface area contributed by atoms with Gasteiger partial charge < -0.3 is 10.1 Å². The Hall–Kier alpha value is -1.64. The number of nitrogens with zero attached hydrogens (tertiary/aromatic N) is 1. The minimum absolute atomic E-state index is 0.0335. The third-order valence-corrected chi connectivity index (χ3v) is 5.25. The molecule has 1 N–H and O–H groups in total. The van der Waals surface area contributed by atoms with Gasteiger partial charge in [0.1, 0.15) is 0 Å². The smallest absolute Gasteiger partial charge is 0.321 e. The molecule has 0 spiro atoms. The van der Waals surface area contributed by atoms with Crippen LogP contribution in [0.15, 0.2) is 18.2 Å². The van der Waals surface area contributed by atoms with Gasteiger partial charge in [0.15, 0.2) is 0 Å². The van der Waals surface area contributed by atoms with Crippen molar-refractivity contribution in [3.05, 3.63) is 29.3 Å². The van der Waals surface area contributed by atoms with Crippen LogP contribution in [0.4, 0.5) is 10.5 Å². The maximum Gasteiger partial charge on any atom is 0.321 e. The number of anilines is 1. The first kappa shape index (κ1) is 16.2. The number of amides is 2. The normalized spacial score (nSPS) is 21.2. The Morgan fingerprint density at radius 3 is 2.96 bits per heavy atom. The van der Waals surface area contributed by atoms with Crippen molar-refractivity contribution in [3.63, 3.8) is 0 Å². The van der Waals surface area contributed by atoms with Crippen LogP contribution in [0.5, 0.6) is 0 Å². The number of benzene rings is 1. The van der Waals surface area contributed by atoms with Gasteiger partial charge in [0.05, 0.1) is 12.4 Å². The van der Waals surface area contributed by atoms with Gasteiger partial charge in [-0.15, -0.1) is 0 Å². The van der Waals surface area contributed by atoms with Gasteiger partial charge in [0.2, 0.25) is 6.29 Å². The molecule has 23 heavy (non-hydrogen) atoms. The summed E-state index contributed by atoms with van der Waals surface area (Å²) in [5.74, 6) is -0.0335. The molecular weight excluding hydrogens is 320 g/mol. The van der Waals surface area contributed by atoms with Crippen molar-refractivity contribution in [3.8, 4) is 0 Å². The maximum atomic E-state index is 11.9. The highest BCUT2D eigenvalue weighted by Crippen LogP contribution is 2.32. The number of ether oxygens (including phenoxy) is 1. The lowest BCUT2D eigenvalue weighted by atomic mass is 10.0. The molecule has 0 aromatic heterocycles. The molecule has 8 heteroatoms. The standard InChI is InChI=1S/C15H20N2O5S/c1-2-9-23(19,20)22-14-13-4-3-12(10-11(13)5-8-21-14)17-7-6-16-15(17)18/h3-4,10,14H,2,5-9H2,1H3,(H,16,18)/t14-/m0/s1. The zero-order chi connectivity index (χ0) is 16.4. The van der Waals surface area contributed by atoms with Crippen molar-refractivity contribution in [2.75, 3.05) is 30.3 Å². The molecule has 2 aliphatic heterocycles. The molecule has 7 nitrogen and oxygen atoms in total. The molecule has 0 radical (unpaired) electrons. The SMILES string of the molecule is CCCS(=O)(=O)O[C@@H]1OCCc2cc(N3CCNC3=O)ccc21. The second kappa shape index (κ2) is 6.46. The Labute approximate surface area is 135 Å². The van der Waals surface area contributed by atoms with Crippen molar-refractivity contribution in [2.24, 2.45) is 0 Å². The Kier molecular flexibility index (Phi) is 4.56. The van der Waals surface area contributed by atoms with Gasteiger partial charge in [-0.1, -0.05) is 13.0 Å². The molecule has 3 rings (SSSR count). The number of carbonyl (C=O) groups is 1. The summed E-state index contributed by atoms with van der Waals surface area (Å²) in [4.78, 5) is 13.4. The third kappa shape index (κ3) is 3.49. The van der Waals surface area contributed by atoms with Crippen molar-refractivity contribution >= 4 is 21.8 Å². The number of fused-ring (bicyclic) bond motifs is 1.